The normalized spacial score (nSPS) is 26.7. The first-order valence-electron chi connectivity index (χ1n) is 7.73. The minimum Gasteiger partial charge on any atom is -0.345 e. The summed E-state index contributed by atoms with van der Waals surface area (Å²) in [5.41, 5.74) is 1.22. The molecule has 4 heteroatoms. The molecule has 1 saturated heterocycles. The first kappa shape index (κ1) is 13.4. The summed E-state index contributed by atoms with van der Waals surface area (Å²) in [4.78, 5) is 8.89. The molecule has 2 fully saturated rings. The average molecular weight is 279 g/mol. The van der Waals surface area contributed by atoms with Crippen LogP contribution in [-0.4, -0.2) is 24.1 Å². The minimum absolute atomic E-state index is 0.784. The molecule has 2 atom stereocenters. The highest BCUT2D eigenvalue weighted by atomic mass is 32.1. The average Bonchev–Trinajstić information content (AvgIpc) is 3.02. The molecule has 1 saturated carbocycles. The highest BCUT2D eigenvalue weighted by Gasteiger charge is 2.36. The number of aromatic nitrogens is 1. The third kappa shape index (κ3) is 2.65. The van der Waals surface area contributed by atoms with E-state index in [-0.39, 0.29) is 0 Å². The van der Waals surface area contributed by atoms with Gasteiger partial charge in [0.05, 0.1) is 5.69 Å². The number of hydrogen-bond donors (Lipinski definition) is 1. The van der Waals surface area contributed by atoms with Crippen LogP contribution in [0.1, 0.15) is 49.6 Å². The Kier molecular flexibility index (Phi) is 4.08. The van der Waals surface area contributed by atoms with Gasteiger partial charge in [0.15, 0.2) is 5.13 Å². The molecule has 3 nitrogen and oxygen atoms in total. The zero-order chi connectivity index (χ0) is 13.2. The molecule has 3 rings (SSSR count). The Balaban J connectivity index is 1.77. The second-order valence-electron chi connectivity index (χ2n) is 5.88. The van der Waals surface area contributed by atoms with Gasteiger partial charge in [-0.3, -0.25) is 0 Å². The standard InChI is InChI=1S/C15H25N3S/c1-3-16-10-14-11(2)17-15(19-14)18-9-5-7-12-6-4-8-13(12)18/h12-13,16H,3-10H2,1-2H3. The number of hydrogen-bond acceptors (Lipinski definition) is 4. The van der Waals surface area contributed by atoms with E-state index in [2.05, 4.69) is 24.1 Å². The lowest BCUT2D eigenvalue weighted by Gasteiger charge is -2.37. The Bertz CT molecular complexity index is 429. The quantitative estimate of drug-likeness (QED) is 0.916. The van der Waals surface area contributed by atoms with Crippen LogP contribution in [-0.2, 0) is 6.54 Å². The highest BCUT2D eigenvalue weighted by molar-refractivity contribution is 7.15. The van der Waals surface area contributed by atoms with Gasteiger partial charge in [-0.1, -0.05) is 13.3 Å². The van der Waals surface area contributed by atoms with E-state index in [9.17, 15) is 0 Å². The zero-order valence-electron chi connectivity index (χ0n) is 12.1. The van der Waals surface area contributed by atoms with Crippen molar-refractivity contribution in [1.29, 1.82) is 0 Å². The molecule has 2 aliphatic rings. The van der Waals surface area contributed by atoms with Crippen LogP contribution in [0.5, 0.6) is 0 Å². The predicted octanol–water partition coefficient (Wildman–Crippen LogP) is 3.33. The molecule has 2 heterocycles. The van der Waals surface area contributed by atoms with E-state index in [1.807, 2.05) is 11.3 Å². The van der Waals surface area contributed by atoms with Crippen LogP contribution in [0.4, 0.5) is 5.13 Å². The van der Waals surface area contributed by atoms with E-state index < -0.39 is 0 Å². The SMILES string of the molecule is CCNCc1sc(N2CCCC3CCCC32)nc1C. The van der Waals surface area contributed by atoms with Crippen LogP contribution in [0.2, 0.25) is 0 Å². The Labute approximate surface area is 120 Å². The van der Waals surface area contributed by atoms with Crippen LogP contribution in [0.25, 0.3) is 0 Å². The fourth-order valence-electron chi connectivity index (χ4n) is 3.63. The van der Waals surface area contributed by atoms with Crippen molar-refractivity contribution in [2.45, 2.75) is 58.5 Å². The molecule has 1 aliphatic carbocycles. The second kappa shape index (κ2) is 5.80. The summed E-state index contributed by atoms with van der Waals surface area (Å²) in [7, 11) is 0. The third-order valence-corrected chi connectivity index (χ3v) is 5.85. The molecule has 0 radical (unpaired) electrons. The highest BCUT2D eigenvalue weighted by Crippen LogP contribution is 2.40. The van der Waals surface area contributed by atoms with Crippen molar-refractivity contribution in [3.8, 4) is 0 Å². The number of nitrogens with zero attached hydrogens (tertiary/aromatic N) is 2. The molecule has 1 aromatic heterocycles. The molecule has 19 heavy (non-hydrogen) atoms. The van der Waals surface area contributed by atoms with E-state index in [4.69, 9.17) is 4.98 Å². The fourth-order valence-corrected chi connectivity index (χ4v) is 4.74. The number of piperidine rings is 1. The summed E-state index contributed by atoms with van der Waals surface area (Å²) in [6.07, 6.45) is 7.03. The summed E-state index contributed by atoms with van der Waals surface area (Å²) >= 11 is 1.91. The molecule has 0 bridgehead atoms. The molecule has 1 aromatic rings. The van der Waals surface area contributed by atoms with Gasteiger partial charge in [-0.15, -0.1) is 11.3 Å². The van der Waals surface area contributed by atoms with Gasteiger partial charge in [0.1, 0.15) is 0 Å². The van der Waals surface area contributed by atoms with Gasteiger partial charge >= 0.3 is 0 Å². The van der Waals surface area contributed by atoms with Crippen LogP contribution in [0.3, 0.4) is 0 Å². The molecular formula is C15H25N3S. The maximum Gasteiger partial charge on any atom is 0.186 e. The first-order chi connectivity index (χ1) is 9.29. The van der Waals surface area contributed by atoms with Crippen molar-refractivity contribution >= 4 is 16.5 Å². The van der Waals surface area contributed by atoms with Crippen molar-refractivity contribution < 1.29 is 0 Å². The summed E-state index contributed by atoms with van der Waals surface area (Å²) in [5, 5.41) is 4.70. The lowest BCUT2D eigenvalue weighted by Crippen LogP contribution is -2.42. The Morgan fingerprint density at radius 3 is 3.00 bits per heavy atom. The number of nitrogens with one attached hydrogen (secondary N) is 1. The fraction of sp³-hybridized carbons (Fsp3) is 0.800. The van der Waals surface area contributed by atoms with Gasteiger partial charge in [-0.2, -0.15) is 0 Å². The Morgan fingerprint density at radius 2 is 2.16 bits per heavy atom. The number of fused-ring (bicyclic) bond motifs is 1. The molecule has 106 valence electrons. The Hall–Kier alpha value is -0.610. The van der Waals surface area contributed by atoms with Crippen LogP contribution in [0.15, 0.2) is 0 Å². The van der Waals surface area contributed by atoms with Gasteiger partial charge in [0.2, 0.25) is 0 Å². The van der Waals surface area contributed by atoms with Crippen LogP contribution < -0.4 is 10.2 Å². The zero-order valence-corrected chi connectivity index (χ0v) is 12.9. The molecule has 0 aromatic carbocycles. The minimum atomic E-state index is 0.784. The second-order valence-corrected chi connectivity index (χ2v) is 6.94. The third-order valence-electron chi connectivity index (χ3n) is 4.66. The van der Waals surface area contributed by atoms with E-state index in [1.165, 1.54) is 54.4 Å². The first-order valence-corrected chi connectivity index (χ1v) is 8.55. The summed E-state index contributed by atoms with van der Waals surface area (Å²) in [5.74, 6) is 0.940. The lowest BCUT2D eigenvalue weighted by atomic mass is 9.92. The molecule has 1 N–H and O–H groups in total. The summed E-state index contributed by atoms with van der Waals surface area (Å²) in [6.45, 7) is 7.53. The van der Waals surface area contributed by atoms with Gasteiger partial charge in [0, 0.05) is 24.0 Å². The van der Waals surface area contributed by atoms with Crippen molar-refractivity contribution in [2.24, 2.45) is 5.92 Å². The summed E-state index contributed by atoms with van der Waals surface area (Å²) < 4.78 is 0. The van der Waals surface area contributed by atoms with E-state index in [0.717, 1.165) is 25.0 Å². The van der Waals surface area contributed by atoms with Gasteiger partial charge in [-0.25, -0.2) is 4.98 Å². The summed E-state index contributed by atoms with van der Waals surface area (Å²) in [6, 6.07) is 0.784. The number of thiazole rings is 1. The largest absolute Gasteiger partial charge is 0.345 e. The molecular weight excluding hydrogens is 254 g/mol. The van der Waals surface area contributed by atoms with E-state index >= 15 is 0 Å². The molecule has 2 unspecified atom stereocenters. The van der Waals surface area contributed by atoms with Crippen molar-refractivity contribution in [1.82, 2.24) is 10.3 Å². The van der Waals surface area contributed by atoms with E-state index in [0.29, 0.717) is 0 Å². The van der Waals surface area contributed by atoms with Crippen LogP contribution >= 0.6 is 11.3 Å². The Morgan fingerprint density at radius 1 is 1.32 bits per heavy atom. The van der Waals surface area contributed by atoms with Gasteiger partial charge < -0.3 is 10.2 Å². The van der Waals surface area contributed by atoms with Crippen LogP contribution in [0, 0.1) is 12.8 Å². The van der Waals surface area contributed by atoms with E-state index in [1.54, 1.807) is 0 Å². The topological polar surface area (TPSA) is 28.2 Å². The van der Waals surface area contributed by atoms with Gasteiger partial charge in [0.25, 0.3) is 0 Å². The smallest absolute Gasteiger partial charge is 0.186 e. The van der Waals surface area contributed by atoms with Gasteiger partial charge in [-0.05, 0) is 45.1 Å². The predicted molar refractivity (Wildman–Crippen MR) is 81.9 cm³/mol. The molecule has 0 spiro atoms. The van der Waals surface area contributed by atoms with Crippen molar-refractivity contribution in [2.75, 3.05) is 18.0 Å². The lowest BCUT2D eigenvalue weighted by molar-refractivity contribution is 0.362. The number of rotatable bonds is 4. The van der Waals surface area contributed by atoms with Crippen molar-refractivity contribution in [3.63, 3.8) is 0 Å². The number of aryl methyl sites for hydroxylation is 1. The number of anilines is 1. The molecule has 1 aliphatic heterocycles. The maximum absolute atomic E-state index is 4.85. The maximum atomic E-state index is 4.85. The monoisotopic (exact) mass is 279 g/mol. The van der Waals surface area contributed by atoms with Crippen molar-refractivity contribution in [3.05, 3.63) is 10.6 Å². The molecule has 0 amide bonds.